The minimum absolute atomic E-state index is 0. The summed E-state index contributed by atoms with van der Waals surface area (Å²) in [5.74, 6) is 0.442. The average Bonchev–Trinajstić information content (AvgIpc) is 2.84. The number of carbonyl (C=O) groups is 1. The molecular formula is C16H23ClN4O3S. The van der Waals surface area contributed by atoms with Gasteiger partial charge in [0.2, 0.25) is 5.91 Å². The number of hydrogen-bond donors (Lipinski definition) is 2. The Morgan fingerprint density at radius 1 is 1.44 bits per heavy atom. The van der Waals surface area contributed by atoms with Gasteiger partial charge in [0.1, 0.15) is 12.4 Å². The molecule has 25 heavy (non-hydrogen) atoms. The predicted molar refractivity (Wildman–Crippen MR) is 98.4 cm³/mol. The SMILES string of the molecule is CC(N)C1CCCN(C(=O)CN=C2NS(=O)(=O)c3ccccc32)C1.Cl. The maximum Gasteiger partial charge on any atom is 0.263 e. The van der Waals surface area contributed by atoms with Gasteiger partial charge in [-0.05, 0) is 37.8 Å². The standard InChI is InChI=1S/C16H22N4O3S.ClH/c1-11(17)12-5-4-8-20(10-12)15(21)9-18-16-13-6-2-3-7-14(13)24(22,23)19-16;/h2-3,6-7,11-12H,4-5,8-10,17H2,1H3,(H,18,19);1H. The summed E-state index contributed by atoms with van der Waals surface area (Å²) in [5.41, 5.74) is 6.46. The highest BCUT2D eigenvalue weighted by Crippen LogP contribution is 2.22. The van der Waals surface area contributed by atoms with Crippen molar-refractivity contribution < 1.29 is 13.2 Å². The molecule has 0 bridgehead atoms. The highest BCUT2D eigenvalue weighted by molar-refractivity contribution is 7.90. The Morgan fingerprint density at radius 3 is 2.88 bits per heavy atom. The Balaban J connectivity index is 0.00000225. The summed E-state index contributed by atoms with van der Waals surface area (Å²) in [5, 5.41) is 0. The molecule has 138 valence electrons. The third-order valence-electron chi connectivity index (χ3n) is 4.59. The molecule has 0 radical (unpaired) electrons. The van der Waals surface area contributed by atoms with E-state index in [9.17, 15) is 13.2 Å². The molecule has 9 heteroatoms. The molecule has 2 heterocycles. The molecule has 7 nitrogen and oxygen atoms in total. The number of sulfonamides is 1. The van der Waals surface area contributed by atoms with Gasteiger partial charge >= 0.3 is 0 Å². The van der Waals surface area contributed by atoms with Crippen molar-refractivity contribution in [2.75, 3.05) is 19.6 Å². The number of aliphatic imine (C=N–C) groups is 1. The number of nitrogens with zero attached hydrogens (tertiary/aromatic N) is 2. The van der Waals surface area contributed by atoms with Crippen molar-refractivity contribution in [1.82, 2.24) is 9.62 Å². The molecule has 2 atom stereocenters. The van der Waals surface area contributed by atoms with E-state index in [0.717, 1.165) is 12.8 Å². The highest BCUT2D eigenvalue weighted by atomic mass is 35.5. The van der Waals surface area contributed by atoms with Crippen molar-refractivity contribution >= 4 is 34.2 Å². The minimum Gasteiger partial charge on any atom is -0.341 e. The van der Waals surface area contributed by atoms with E-state index in [-0.39, 0.29) is 41.6 Å². The van der Waals surface area contributed by atoms with Gasteiger partial charge < -0.3 is 10.6 Å². The lowest BCUT2D eigenvalue weighted by atomic mass is 9.92. The highest BCUT2D eigenvalue weighted by Gasteiger charge is 2.31. The number of fused-ring (bicyclic) bond motifs is 1. The molecule has 1 aromatic rings. The van der Waals surface area contributed by atoms with E-state index in [4.69, 9.17) is 5.73 Å². The fraction of sp³-hybridized carbons (Fsp3) is 0.500. The van der Waals surface area contributed by atoms with Gasteiger partial charge in [0.15, 0.2) is 0 Å². The number of rotatable bonds is 3. The third-order valence-corrected chi connectivity index (χ3v) is 5.99. The van der Waals surface area contributed by atoms with Gasteiger partial charge in [0, 0.05) is 24.7 Å². The molecule has 1 aromatic carbocycles. The maximum absolute atomic E-state index is 12.4. The number of hydrogen-bond acceptors (Lipinski definition) is 5. The number of carbonyl (C=O) groups excluding carboxylic acids is 1. The Kier molecular flexibility index (Phi) is 6.08. The summed E-state index contributed by atoms with van der Waals surface area (Å²) < 4.78 is 26.5. The van der Waals surface area contributed by atoms with E-state index in [2.05, 4.69) is 9.71 Å². The zero-order valence-corrected chi connectivity index (χ0v) is 15.6. The largest absolute Gasteiger partial charge is 0.341 e. The topological polar surface area (TPSA) is 105 Å². The fourth-order valence-corrected chi connectivity index (χ4v) is 4.41. The zero-order valence-electron chi connectivity index (χ0n) is 14.0. The number of nitrogens with two attached hydrogens (primary N) is 1. The van der Waals surface area contributed by atoms with Crippen LogP contribution in [0.1, 0.15) is 25.3 Å². The van der Waals surface area contributed by atoms with Crippen molar-refractivity contribution in [3.8, 4) is 0 Å². The molecule has 2 aliphatic heterocycles. The first-order valence-corrected chi connectivity index (χ1v) is 9.57. The first-order valence-electron chi connectivity index (χ1n) is 8.08. The van der Waals surface area contributed by atoms with Crippen LogP contribution in [-0.4, -0.2) is 50.7 Å². The normalized spacial score (nSPS) is 24.2. The number of nitrogens with one attached hydrogen (secondary N) is 1. The second-order valence-corrected chi connectivity index (χ2v) is 8.02. The van der Waals surface area contributed by atoms with E-state index in [0.29, 0.717) is 24.6 Å². The Morgan fingerprint density at radius 2 is 2.16 bits per heavy atom. The number of likely N-dealkylation sites (tertiary alicyclic amines) is 1. The van der Waals surface area contributed by atoms with E-state index in [1.54, 1.807) is 23.1 Å². The number of amides is 1. The number of halogens is 1. The smallest absolute Gasteiger partial charge is 0.263 e. The van der Waals surface area contributed by atoms with Crippen LogP contribution in [0.25, 0.3) is 0 Å². The summed E-state index contributed by atoms with van der Waals surface area (Å²) in [6.07, 6.45) is 1.97. The summed E-state index contributed by atoms with van der Waals surface area (Å²) in [4.78, 5) is 18.6. The second-order valence-electron chi connectivity index (χ2n) is 6.37. The van der Waals surface area contributed by atoms with Gasteiger partial charge in [-0.3, -0.25) is 14.5 Å². The van der Waals surface area contributed by atoms with Gasteiger partial charge in [-0.25, -0.2) is 8.42 Å². The van der Waals surface area contributed by atoms with Crippen molar-refractivity contribution in [2.24, 2.45) is 16.6 Å². The molecule has 1 saturated heterocycles. The lowest BCUT2D eigenvalue weighted by Gasteiger charge is -2.34. The van der Waals surface area contributed by atoms with Gasteiger partial charge in [-0.2, -0.15) is 0 Å². The average molecular weight is 387 g/mol. The first kappa shape index (κ1) is 19.7. The van der Waals surface area contributed by atoms with Crippen molar-refractivity contribution in [1.29, 1.82) is 0 Å². The third kappa shape index (κ3) is 4.13. The van der Waals surface area contributed by atoms with Crippen LogP contribution in [0, 0.1) is 5.92 Å². The summed E-state index contributed by atoms with van der Waals surface area (Å²) >= 11 is 0. The molecular weight excluding hydrogens is 364 g/mol. The van der Waals surface area contributed by atoms with Crippen molar-refractivity contribution in [3.63, 3.8) is 0 Å². The van der Waals surface area contributed by atoms with E-state index < -0.39 is 10.0 Å². The van der Waals surface area contributed by atoms with Gasteiger partial charge in [0.05, 0.1) is 4.90 Å². The molecule has 3 rings (SSSR count). The van der Waals surface area contributed by atoms with Gasteiger partial charge in [-0.15, -0.1) is 12.4 Å². The van der Waals surface area contributed by atoms with E-state index >= 15 is 0 Å². The lowest BCUT2D eigenvalue weighted by molar-refractivity contribution is -0.131. The summed E-state index contributed by atoms with van der Waals surface area (Å²) in [6.45, 7) is 3.24. The van der Waals surface area contributed by atoms with Crippen LogP contribution in [0.2, 0.25) is 0 Å². The molecule has 3 N–H and O–H groups in total. The van der Waals surface area contributed by atoms with E-state index in [1.807, 2.05) is 6.92 Å². The zero-order chi connectivity index (χ0) is 17.3. The quantitative estimate of drug-likeness (QED) is 0.798. The predicted octanol–water partition coefficient (Wildman–Crippen LogP) is 0.733. The van der Waals surface area contributed by atoms with Gasteiger partial charge in [-0.1, -0.05) is 12.1 Å². The molecule has 1 amide bonds. The first-order chi connectivity index (χ1) is 11.4. The van der Waals surface area contributed by atoms with Crippen molar-refractivity contribution in [3.05, 3.63) is 29.8 Å². The van der Waals surface area contributed by atoms with Crippen LogP contribution in [-0.2, 0) is 14.8 Å². The summed E-state index contributed by atoms with van der Waals surface area (Å²) in [6, 6.07) is 6.67. The molecule has 2 aliphatic rings. The number of piperidine rings is 1. The molecule has 0 spiro atoms. The maximum atomic E-state index is 12.4. The van der Waals surface area contributed by atoms with Crippen LogP contribution >= 0.6 is 12.4 Å². The van der Waals surface area contributed by atoms with Crippen molar-refractivity contribution in [2.45, 2.75) is 30.7 Å². The number of benzene rings is 1. The molecule has 0 aliphatic carbocycles. The molecule has 2 unspecified atom stereocenters. The van der Waals surface area contributed by atoms with Gasteiger partial charge in [0.25, 0.3) is 10.0 Å². The Hall–Kier alpha value is -1.64. The fourth-order valence-electron chi connectivity index (χ4n) is 3.16. The Labute approximate surface area is 154 Å². The molecule has 0 saturated carbocycles. The monoisotopic (exact) mass is 386 g/mol. The van der Waals surface area contributed by atoms with Crippen LogP contribution in [0.3, 0.4) is 0 Å². The summed E-state index contributed by atoms with van der Waals surface area (Å²) in [7, 11) is -3.57. The van der Waals surface area contributed by atoms with E-state index in [1.165, 1.54) is 6.07 Å². The van der Waals surface area contributed by atoms with Crippen LogP contribution in [0.4, 0.5) is 0 Å². The lowest BCUT2D eigenvalue weighted by Crippen LogP contribution is -2.45. The molecule has 1 fully saturated rings. The van der Waals surface area contributed by atoms with Crippen LogP contribution < -0.4 is 10.5 Å². The second kappa shape index (κ2) is 7.72. The number of amidine groups is 1. The minimum atomic E-state index is -3.57. The van der Waals surface area contributed by atoms with Crippen LogP contribution in [0.15, 0.2) is 34.2 Å². The Bertz CT molecular complexity index is 779. The molecule has 0 aromatic heterocycles. The van der Waals surface area contributed by atoms with Crippen LogP contribution in [0.5, 0.6) is 0 Å².